The van der Waals surface area contributed by atoms with Crippen molar-refractivity contribution in [2.45, 2.75) is 19.9 Å². The Morgan fingerprint density at radius 1 is 1.33 bits per heavy atom. The van der Waals surface area contributed by atoms with Gasteiger partial charge in [-0.3, -0.25) is 0 Å². The van der Waals surface area contributed by atoms with Crippen LogP contribution in [0.2, 0.25) is 0 Å². The largest absolute Gasteiger partial charge is 0.394 e. The Kier molecular flexibility index (Phi) is 4.30. The van der Waals surface area contributed by atoms with Crippen molar-refractivity contribution in [2.75, 3.05) is 24.3 Å². The smallest absolute Gasteiger partial charge is 0.131 e. The highest BCUT2D eigenvalue weighted by Gasteiger charge is 2.12. The fraction of sp³-hybridized carbons (Fsp3) is 0.600. The van der Waals surface area contributed by atoms with E-state index in [2.05, 4.69) is 20.6 Å². The molecule has 0 fully saturated rings. The molecule has 0 saturated carbocycles. The van der Waals surface area contributed by atoms with Gasteiger partial charge in [0.05, 0.1) is 12.6 Å². The van der Waals surface area contributed by atoms with Crippen LogP contribution in [0.15, 0.2) is 12.4 Å². The highest BCUT2D eigenvalue weighted by Crippen LogP contribution is 2.12. The SMILES string of the molecule is CNc1cc(N[C@H](CO)C(C)C)ncn1. The van der Waals surface area contributed by atoms with Crippen molar-refractivity contribution in [3.8, 4) is 0 Å². The second kappa shape index (κ2) is 5.50. The monoisotopic (exact) mass is 210 g/mol. The highest BCUT2D eigenvalue weighted by atomic mass is 16.3. The molecule has 0 aliphatic heterocycles. The molecule has 84 valence electrons. The van der Waals surface area contributed by atoms with Crippen molar-refractivity contribution in [2.24, 2.45) is 5.92 Å². The molecule has 1 heterocycles. The van der Waals surface area contributed by atoms with Crippen LogP contribution in [-0.4, -0.2) is 34.8 Å². The first kappa shape index (κ1) is 11.7. The standard InChI is InChI=1S/C10H18N4O/c1-7(2)8(5-15)14-10-4-9(11-3)12-6-13-10/h4,6-8,15H,5H2,1-3H3,(H2,11,12,13,14)/t8-/m1/s1. The average molecular weight is 210 g/mol. The molecule has 0 spiro atoms. The molecule has 0 amide bonds. The Labute approximate surface area is 90.0 Å². The number of hydrogen-bond acceptors (Lipinski definition) is 5. The van der Waals surface area contributed by atoms with E-state index >= 15 is 0 Å². The summed E-state index contributed by atoms with van der Waals surface area (Å²) in [5.74, 6) is 1.83. The minimum Gasteiger partial charge on any atom is -0.394 e. The minimum atomic E-state index is 0.0182. The van der Waals surface area contributed by atoms with Gasteiger partial charge < -0.3 is 15.7 Å². The summed E-state index contributed by atoms with van der Waals surface area (Å²) in [6.45, 7) is 4.19. The van der Waals surface area contributed by atoms with Gasteiger partial charge in [0.1, 0.15) is 18.0 Å². The fourth-order valence-corrected chi connectivity index (χ4v) is 1.19. The van der Waals surface area contributed by atoms with E-state index in [4.69, 9.17) is 5.11 Å². The van der Waals surface area contributed by atoms with E-state index in [1.54, 1.807) is 7.05 Å². The number of rotatable bonds is 5. The molecular weight excluding hydrogens is 192 g/mol. The summed E-state index contributed by atoms with van der Waals surface area (Å²) in [5.41, 5.74) is 0. The molecule has 5 nitrogen and oxygen atoms in total. The van der Waals surface area contributed by atoms with Crippen LogP contribution in [0, 0.1) is 5.92 Å². The van der Waals surface area contributed by atoms with E-state index in [-0.39, 0.29) is 12.6 Å². The third-order valence-electron chi connectivity index (χ3n) is 2.26. The summed E-state index contributed by atoms with van der Waals surface area (Å²) in [6.07, 6.45) is 1.49. The number of anilines is 2. The average Bonchev–Trinajstić information content (AvgIpc) is 2.25. The first-order valence-electron chi connectivity index (χ1n) is 5.04. The molecule has 1 aromatic heterocycles. The lowest BCUT2D eigenvalue weighted by atomic mass is 10.1. The zero-order valence-corrected chi connectivity index (χ0v) is 9.36. The molecule has 0 unspecified atom stereocenters. The van der Waals surface area contributed by atoms with E-state index in [1.807, 2.05) is 19.9 Å². The summed E-state index contributed by atoms with van der Waals surface area (Å²) < 4.78 is 0. The Hall–Kier alpha value is -1.36. The van der Waals surface area contributed by atoms with E-state index in [1.165, 1.54) is 6.33 Å². The molecule has 3 N–H and O–H groups in total. The van der Waals surface area contributed by atoms with Crippen LogP contribution in [0.25, 0.3) is 0 Å². The zero-order chi connectivity index (χ0) is 11.3. The number of hydrogen-bond donors (Lipinski definition) is 3. The van der Waals surface area contributed by atoms with Gasteiger partial charge in [-0.25, -0.2) is 9.97 Å². The predicted octanol–water partition coefficient (Wildman–Crippen LogP) is 0.947. The lowest BCUT2D eigenvalue weighted by Gasteiger charge is -2.20. The maximum atomic E-state index is 9.16. The van der Waals surface area contributed by atoms with Crippen molar-refractivity contribution in [1.29, 1.82) is 0 Å². The van der Waals surface area contributed by atoms with Gasteiger partial charge in [0.25, 0.3) is 0 Å². The van der Waals surface area contributed by atoms with Crippen LogP contribution in [0.3, 0.4) is 0 Å². The van der Waals surface area contributed by atoms with Gasteiger partial charge in [-0.05, 0) is 5.92 Å². The fourth-order valence-electron chi connectivity index (χ4n) is 1.19. The van der Waals surface area contributed by atoms with E-state index in [9.17, 15) is 0 Å². The van der Waals surface area contributed by atoms with Gasteiger partial charge in [0, 0.05) is 13.1 Å². The molecule has 15 heavy (non-hydrogen) atoms. The first-order valence-corrected chi connectivity index (χ1v) is 5.04. The highest BCUT2D eigenvalue weighted by molar-refractivity contribution is 5.46. The van der Waals surface area contributed by atoms with Crippen molar-refractivity contribution < 1.29 is 5.11 Å². The number of aliphatic hydroxyl groups is 1. The van der Waals surface area contributed by atoms with Crippen LogP contribution in [-0.2, 0) is 0 Å². The topological polar surface area (TPSA) is 70.1 Å². The van der Waals surface area contributed by atoms with Crippen LogP contribution in [0.4, 0.5) is 11.6 Å². The molecule has 1 rings (SSSR count). The Bertz CT molecular complexity index is 303. The molecule has 0 aromatic carbocycles. The van der Waals surface area contributed by atoms with E-state index in [0.717, 1.165) is 11.6 Å². The normalized spacial score (nSPS) is 12.6. The Morgan fingerprint density at radius 2 is 2.00 bits per heavy atom. The molecule has 0 aliphatic carbocycles. The number of nitrogens with one attached hydrogen (secondary N) is 2. The lowest BCUT2D eigenvalue weighted by molar-refractivity contribution is 0.249. The Balaban J connectivity index is 2.70. The van der Waals surface area contributed by atoms with Gasteiger partial charge in [0.15, 0.2) is 0 Å². The van der Waals surface area contributed by atoms with Crippen molar-refractivity contribution in [3.05, 3.63) is 12.4 Å². The maximum Gasteiger partial charge on any atom is 0.131 e. The van der Waals surface area contributed by atoms with Crippen molar-refractivity contribution in [1.82, 2.24) is 9.97 Å². The third-order valence-corrected chi connectivity index (χ3v) is 2.26. The van der Waals surface area contributed by atoms with Crippen molar-refractivity contribution >= 4 is 11.6 Å². The minimum absolute atomic E-state index is 0.0182. The quantitative estimate of drug-likeness (QED) is 0.675. The number of aromatic nitrogens is 2. The molecule has 0 aliphatic rings. The molecule has 1 aromatic rings. The van der Waals surface area contributed by atoms with Crippen LogP contribution >= 0.6 is 0 Å². The summed E-state index contributed by atoms with van der Waals surface area (Å²) in [4.78, 5) is 8.10. The first-order chi connectivity index (χ1) is 7.17. The molecular formula is C10H18N4O. The Morgan fingerprint density at radius 3 is 2.53 bits per heavy atom. The van der Waals surface area contributed by atoms with Crippen LogP contribution in [0.5, 0.6) is 0 Å². The third kappa shape index (κ3) is 3.36. The summed E-state index contributed by atoms with van der Waals surface area (Å²) in [6, 6.07) is 1.83. The molecule has 1 atom stereocenters. The lowest BCUT2D eigenvalue weighted by Crippen LogP contribution is -2.29. The second-order valence-corrected chi connectivity index (χ2v) is 3.72. The molecule has 0 bridgehead atoms. The predicted molar refractivity (Wildman–Crippen MR) is 60.9 cm³/mol. The second-order valence-electron chi connectivity index (χ2n) is 3.72. The summed E-state index contributed by atoms with van der Waals surface area (Å²) >= 11 is 0. The van der Waals surface area contributed by atoms with Gasteiger partial charge in [0.2, 0.25) is 0 Å². The molecule has 5 heteroatoms. The van der Waals surface area contributed by atoms with Crippen molar-refractivity contribution in [3.63, 3.8) is 0 Å². The van der Waals surface area contributed by atoms with E-state index < -0.39 is 0 Å². The van der Waals surface area contributed by atoms with Gasteiger partial charge in [-0.2, -0.15) is 0 Å². The zero-order valence-electron chi connectivity index (χ0n) is 9.36. The van der Waals surface area contributed by atoms with Gasteiger partial charge in [-0.1, -0.05) is 13.8 Å². The van der Waals surface area contributed by atoms with Crippen LogP contribution < -0.4 is 10.6 Å². The van der Waals surface area contributed by atoms with Crippen LogP contribution in [0.1, 0.15) is 13.8 Å². The van der Waals surface area contributed by atoms with Gasteiger partial charge in [-0.15, -0.1) is 0 Å². The van der Waals surface area contributed by atoms with Gasteiger partial charge >= 0.3 is 0 Å². The van der Waals surface area contributed by atoms with E-state index in [0.29, 0.717) is 5.92 Å². The molecule has 0 saturated heterocycles. The number of nitrogens with zero attached hydrogens (tertiary/aromatic N) is 2. The molecule has 0 radical (unpaired) electrons. The summed E-state index contributed by atoms with van der Waals surface area (Å²) in [7, 11) is 1.80. The maximum absolute atomic E-state index is 9.16. The number of aliphatic hydroxyl groups excluding tert-OH is 1. The summed E-state index contributed by atoms with van der Waals surface area (Å²) in [5, 5.41) is 15.3.